The van der Waals surface area contributed by atoms with Gasteiger partial charge in [-0.15, -0.1) is 23.5 Å². The molecule has 0 aliphatic rings. The molecule has 27 heavy (non-hydrogen) atoms. The summed E-state index contributed by atoms with van der Waals surface area (Å²) in [6.07, 6.45) is 4.91. The van der Waals surface area contributed by atoms with Crippen LogP contribution in [-0.2, 0) is 4.79 Å². The van der Waals surface area contributed by atoms with E-state index in [9.17, 15) is 4.79 Å². The first-order valence-electron chi connectivity index (χ1n) is 9.70. The first kappa shape index (κ1) is 21.7. The van der Waals surface area contributed by atoms with Gasteiger partial charge in [0.2, 0.25) is 5.91 Å². The number of amides is 1. The van der Waals surface area contributed by atoms with Crippen LogP contribution in [0, 0.1) is 0 Å². The number of unbranched alkanes of at least 4 members (excludes halogenated alkanes) is 2. The second kappa shape index (κ2) is 12.7. The SMILES string of the molecule is CCCCSc1ccc(NCC(=O)Nc2ccc(SCCCC)cc2)cc1. The summed E-state index contributed by atoms with van der Waals surface area (Å²) in [4.78, 5) is 14.7. The van der Waals surface area contributed by atoms with Crippen molar-refractivity contribution in [1.82, 2.24) is 0 Å². The molecular formula is C22H30N2OS2. The Morgan fingerprint density at radius 1 is 0.778 bits per heavy atom. The van der Waals surface area contributed by atoms with Crippen LogP contribution >= 0.6 is 23.5 Å². The van der Waals surface area contributed by atoms with Crippen LogP contribution < -0.4 is 10.6 Å². The summed E-state index contributed by atoms with van der Waals surface area (Å²) in [5.41, 5.74) is 1.80. The Bertz CT molecular complexity index is 672. The van der Waals surface area contributed by atoms with Crippen molar-refractivity contribution < 1.29 is 4.79 Å². The molecule has 146 valence electrons. The Hall–Kier alpha value is -1.59. The zero-order chi connectivity index (χ0) is 19.3. The second-order valence-electron chi connectivity index (χ2n) is 6.35. The van der Waals surface area contributed by atoms with Crippen molar-refractivity contribution in [2.45, 2.75) is 49.3 Å². The van der Waals surface area contributed by atoms with Crippen LogP contribution in [0.25, 0.3) is 0 Å². The van der Waals surface area contributed by atoms with Crippen molar-refractivity contribution in [2.24, 2.45) is 0 Å². The van der Waals surface area contributed by atoms with Crippen molar-refractivity contribution in [3.8, 4) is 0 Å². The fourth-order valence-electron chi connectivity index (χ4n) is 2.36. The number of carbonyl (C=O) groups is 1. The average Bonchev–Trinajstić information content (AvgIpc) is 2.69. The fraction of sp³-hybridized carbons (Fsp3) is 0.409. The molecule has 2 aromatic rings. The monoisotopic (exact) mass is 402 g/mol. The summed E-state index contributed by atoms with van der Waals surface area (Å²) in [5.74, 6) is 2.26. The zero-order valence-electron chi connectivity index (χ0n) is 16.3. The van der Waals surface area contributed by atoms with Gasteiger partial charge in [-0.3, -0.25) is 4.79 Å². The summed E-state index contributed by atoms with van der Waals surface area (Å²) in [6, 6.07) is 16.3. The van der Waals surface area contributed by atoms with E-state index in [-0.39, 0.29) is 12.5 Å². The van der Waals surface area contributed by atoms with E-state index in [4.69, 9.17) is 0 Å². The maximum atomic E-state index is 12.1. The van der Waals surface area contributed by atoms with Crippen LogP contribution in [0.1, 0.15) is 39.5 Å². The smallest absolute Gasteiger partial charge is 0.243 e. The lowest BCUT2D eigenvalue weighted by Crippen LogP contribution is -2.21. The Balaban J connectivity index is 1.72. The van der Waals surface area contributed by atoms with Gasteiger partial charge in [0.05, 0.1) is 6.54 Å². The largest absolute Gasteiger partial charge is 0.376 e. The van der Waals surface area contributed by atoms with E-state index < -0.39 is 0 Å². The number of hydrogen-bond acceptors (Lipinski definition) is 4. The molecule has 2 N–H and O–H groups in total. The Morgan fingerprint density at radius 3 is 1.74 bits per heavy atom. The molecule has 0 aliphatic carbocycles. The number of rotatable bonds is 12. The van der Waals surface area contributed by atoms with Gasteiger partial charge in [-0.1, -0.05) is 26.7 Å². The van der Waals surface area contributed by atoms with Gasteiger partial charge < -0.3 is 10.6 Å². The second-order valence-corrected chi connectivity index (χ2v) is 8.69. The van der Waals surface area contributed by atoms with Gasteiger partial charge in [0.25, 0.3) is 0 Å². The highest BCUT2D eigenvalue weighted by atomic mass is 32.2. The minimum absolute atomic E-state index is 0.0391. The summed E-state index contributed by atoms with van der Waals surface area (Å²) >= 11 is 3.74. The minimum Gasteiger partial charge on any atom is -0.376 e. The van der Waals surface area contributed by atoms with E-state index in [1.54, 1.807) is 0 Å². The number of anilines is 2. The van der Waals surface area contributed by atoms with E-state index in [1.807, 2.05) is 47.8 Å². The van der Waals surface area contributed by atoms with Gasteiger partial charge >= 0.3 is 0 Å². The van der Waals surface area contributed by atoms with Crippen LogP contribution in [0.3, 0.4) is 0 Å². The molecule has 0 saturated carbocycles. The van der Waals surface area contributed by atoms with Gasteiger partial charge in [0.1, 0.15) is 0 Å². The third-order valence-corrected chi connectivity index (χ3v) is 6.18. The highest BCUT2D eigenvalue weighted by Crippen LogP contribution is 2.22. The van der Waals surface area contributed by atoms with Crippen molar-refractivity contribution >= 4 is 40.8 Å². The number of thioether (sulfide) groups is 2. The van der Waals surface area contributed by atoms with Crippen LogP contribution in [0.15, 0.2) is 58.3 Å². The maximum absolute atomic E-state index is 12.1. The van der Waals surface area contributed by atoms with Crippen molar-refractivity contribution in [3.63, 3.8) is 0 Å². The van der Waals surface area contributed by atoms with Crippen LogP contribution in [-0.4, -0.2) is 24.0 Å². The van der Waals surface area contributed by atoms with Gasteiger partial charge in [0, 0.05) is 21.2 Å². The molecule has 0 saturated heterocycles. The van der Waals surface area contributed by atoms with E-state index in [1.165, 1.54) is 35.5 Å². The highest BCUT2D eigenvalue weighted by Gasteiger charge is 2.03. The molecule has 0 aliphatic heterocycles. The molecule has 0 unspecified atom stereocenters. The molecule has 2 aromatic carbocycles. The Labute approximate surface area is 172 Å². The standard InChI is InChI=1S/C22H30N2OS2/c1-3-5-15-26-20-11-7-18(8-12-20)23-17-22(25)24-19-9-13-21(14-10-19)27-16-6-4-2/h7-14,23H,3-6,15-17H2,1-2H3,(H,24,25). The number of nitrogens with one attached hydrogen (secondary N) is 2. The van der Waals surface area contributed by atoms with Crippen molar-refractivity contribution in [2.75, 3.05) is 28.7 Å². The predicted octanol–water partition coefficient (Wildman–Crippen LogP) is 6.52. The van der Waals surface area contributed by atoms with Crippen molar-refractivity contribution in [3.05, 3.63) is 48.5 Å². The van der Waals surface area contributed by atoms with Crippen molar-refractivity contribution in [1.29, 1.82) is 0 Å². The quantitative estimate of drug-likeness (QED) is 0.313. The lowest BCUT2D eigenvalue weighted by Gasteiger charge is -2.09. The first-order chi connectivity index (χ1) is 13.2. The third kappa shape index (κ3) is 8.76. The molecule has 3 nitrogen and oxygen atoms in total. The fourth-order valence-corrected chi connectivity index (χ4v) is 4.35. The summed E-state index contributed by atoms with van der Waals surface area (Å²) in [5, 5.41) is 6.12. The van der Waals surface area contributed by atoms with Crippen LogP contribution in [0.2, 0.25) is 0 Å². The predicted molar refractivity (Wildman–Crippen MR) is 121 cm³/mol. The molecule has 0 heterocycles. The first-order valence-corrected chi connectivity index (χ1v) is 11.7. The zero-order valence-corrected chi connectivity index (χ0v) is 17.9. The summed E-state index contributed by atoms with van der Waals surface area (Å²) < 4.78 is 0. The molecule has 5 heteroatoms. The minimum atomic E-state index is -0.0391. The van der Waals surface area contributed by atoms with E-state index in [2.05, 4.69) is 48.7 Å². The molecule has 1 amide bonds. The third-order valence-electron chi connectivity index (χ3n) is 3.98. The lowest BCUT2D eigenvalue weighted by molar-refractivity contribution is -0.114. The van der Waals surface area contributed by atoms with Gasteiger partial charge in [-0.2, -0.15) is 0 Å². The van der Waals surface area contributed by atoms with Gasteiger partial charge in [-0.05, 0) is 72.9 Å². The van der Waals surface area contributed by atoms with E-state index >= 15 is 0 Å². The number of hydrogen-bond donors (Lipinski definition) is 2. The topological polar surface area (TPSA) is 41.1 Å². The van der Waals surface area contributed by atoms with Crippen LogP contribution in [0.4, 0.5) is 11.4 Å². The Morgan fingerprint density at radius 2 is 1.26 bits per heavy atom. The molecule has 0 bridgehead atoms. The maximum Gasteiger partial charge on any atom is 0.243 e. The molecule has 0 atom stereocenters. The van der Waals surface area contributed by atoms with Gasteiger partial charge in [-0.25, -0.2) is 0 Å². The molecule has 0 aromatic heterocycles. The molecule has 0 spiro atoms. The summed E-state index contributed by atoms with van der Waals surface area (Å²) in [7, 11) is 0. The highest BCUT2D eigenvalue weighted by molar-refractivity contribution is 7.99. The summed E-state index contributed by atoms with van der Waals surface area (Å²) in [6.45, 7) is 4.67. The molecule has 0 radical (unpaired) electrons. The van der Waals surface area contributed by atoms with Gasteiger partial charge in [0.15, 0.2) is 0 Å². The van der Waals surface area contributed by atoms with Crippen LogP contribution in [0.5, 0.6) is 0 Å². The average molecular weight is 403 g/mol. The Kier molecular flexibility index (Phi) is 10.2. The lowest BCUT2D eigenvalue weighted by atomic mass is 10.3. The number of benzene rings is 2. The number of carbonyl (C=O) groups excluding carboxylic acids is 1. The molecule has 0 fully saturated rings. The molecular weight excluding hydrogens is 372 g/mol. The normalized spacial score (nSPS) is 10.6. The van der Waals surface area contributed by atoms with E-state index in [0.717, 1.165) is 22.9 Å². The van der Waals surface area contributed by atoms with E-state index in [0.29, 0.717) is 0 Å². The molecule has 2 rings (SSSR count).